The van der Waals surface area contributed by atoms with E-state index in [-0.39, 0.29) is 18.2 Å². The Morgan fingerprint density at radius 1 is 1.27 bits per heavy atom. The van der Waals surface area contributed by atoms with Gasteiger partial charge in [0.1, 0.15) is 6.04 Å². The molecule has 1 atom stereocenters. The van der Waals surface area contributed by atoms with Gasteiger partial charge in [0.2, 0.25) is 11.9 Å². The van der Waals surface area contributed by atoms with E-state index < -0.39 is 12.0 Å². The van der Waals surface area contributed by atoms with Crippen molar-refractivity contribution in [1.82, 2.24) is 14.8 Å². The van der Waals surface area contributed by atoms with E-state index in [4.69, 9.17) is 4.74 Å². The summed E-state index contributed by atoms with van der Waals surface area (Å²) in [5, 5.41) is 9.57. The molecule has 0 fully saturated rings. The molecule has 0 radical (unpaired) electrons. The van der Waals surface area contributed by atoms with Gasteiger partial charge in [-0.2, -0.15) is 10.1 Å². The second-order valence-electron chi connectivity index (χ2n) is 5.70. The molecule has 3 rings (SSSR count). The summed E-state index contributed by atoms with van der Waals surface area (Å²) in [5.74, 6) is -0.0901. The van der Waals surface area contributed by atoms with E-state index in [0.717, 1.165) is 0 Å². The number of hydrogen-bond acceptors (Lipinski definition) is 6. The minimum absolute atomic E-state index is 0.0645. The van der Waals surface area contributed by atoms with Crippen LogP contribution in [0.3, 0.4) is 0 Å². The van der Waals surface area contributed by atoms with E-state index in [1.54, 1.807) is 31.2 Å². The van der Waals surface area contributed by atoms with Gasteiger partial charge in [0.15, 0.2) is 5.82 Å². The van der Waals surface area contributed by atoms with Gasteiger partial charge in [-0.3, -0.25) is 14.9 Å². The van der Waals surface area contributed by atoms with Crippen LogP contribution in [0.1, 0.15) is 42.5 Å². The smallest absolute Gasteiger partial charge is 0.338 e. The molecule has 136 valence electrons. The summed E-state index contributed by atoms with van der Waals surface area (Å²) >= 11 is 0. The summed E-state index contributed by atoms with van der Waals surface area (Å²) in [5.41, 5.74) is 0.925. The minimum Gasteiger partial charge on any atom is -0.462 e. The first-order chi connectivity index (χ1) is 12.5. The lowest BCUT2D eigenvalue weighted by molar-refractivity contribution is -0.123. The summed E-state index contributed by atoms with van der Waals surface area (Å²) in [7, 11) is 0. The van der Waals surface area contributed by atoms with Gasteiger partial charge in [0, 0.05) is 12.1 Å². The second-order valence-corrected chi connectivity index (χ2v) is 5.70. The molecule has 9 heteroatoms. The lowest BCUT2D eigenvalue weighted by Gasteiger charge is -2.10. The molecule has 1 aliphatic heterocycles. The molecule has 1 aliphatic rings. The molecule has 2 aromatic rings. The van der Waals surface area contributed by atoms with Gasteiger partial charge in [-0.05, 0) is 31.2 Å². The molecule has 0 aliphatic carbocycles. The average molecular weight is 357 g/mol. The fraction of sp³-hybridized carbons (Fsp3) is 0.353. The first-order valence-corrected chi connectivity index (χ1v) is 8.35. The highest BCUT2D eigenvalue weighted by Crippen LogP contribution is 2.25. The molecule has 1 aromatic heterocycles. The Bertz CT molecular complexity index is 843. The first-order valence-electron chi connectivity index (χ1n) is 8.35. The number of anilines is 2. The van der Waals surface area contributed by atoms with Crippen LogP contribution in [0, 0.1) is 0 Å². The van der Waals surface area contributed by atoms with Crippen molar-refractivity contribution < 1.29 is 19.1 Å². The number of fused-ring (bicyclic) bond motifs is 1. The SMILES string of the molecule is CCOC(=O)c1ccc(NC(=O)CC2C(=O)Nc3nc(CC)nn32)cc1. The number of aryl methyl sites for hydroxylation is 1. The van der Waals surface area contributed by atoms with Gasteiger partial charge in [-0.25, -0.2) is 9.48 Å². The number of nitrogens with zero attached hydrogens (tertiary/aromatic N) is 3. The minimum atomic E-state index is -0.725. The number of ether oxygens (including phenoxy) is 1. The van der Waals surface area contributed by atoms with Gasteiger partial charge < -0.3 is 10.1 Å². The molecule has 0 spiro atoms. The van der Waals surface area contributed by atoms with Crippen LogP contribution >= 0.6 is 0 Å². The molecule has 2 heterocycles. The van der Waals surface area contributed by atoms with Crippen LogP contribution in [0.15, 0.2) is 24.3 Å². The summed E-state index contributed by atoms with van der Waals surface area (Å²) in [6.45, 7) is 3.94. The number of hydrogen-bond donors (Lipinski definition) is 2. The lowest BCUT2D eigenvalue weighted by atomic mass is 10.1. The number of benzene rings is 1. The van der Waals surface area contributed by atoms with Crippen LogP contribution in [0.25, 0.3) is 0 Å². The normalized spacial score (nSPS) is 15.3. The van der Waals surface area contributed by atoms with E-state index >= 15 is 0 Å². The van der Waals surface area contributed by atoms with Crippen LogP contribution in [0.4, 0.5) is 11.6 Å². The maximum absolute atomic E-state index is 12.3. The van der Waals surface area contributed by atoms with Crippen molar-refractivity contribution in [2.75, 3.05) is 17.2 Å². The van der Waals surface area contributed by atoms with E-state index in [9.17, 15) is 14.4 Å². The Kier molecular flexibility index (Phi) is 4.97. The van der Waals surface area contributed by atoms with Crippen LogP contribution < -0.4 is 10.6 Å². The Hall–Kier alpha value is -3.23. The van der Waals surface area contributed by atoms with Crippen molar-refractivity contribution in [3.63, 3.8) is 0 Å². The topological polar surface area (TPSA) is 115 Å². The summed E-state index contributed by atoms with van der Waals surface area (Å²) in [6, 6.07) is 5.62. The van der Waals surface area contributed by atoms with Gasteiger partial charge in [-0.1, -0.05) is 6.92 Å². The zero-order valence-corrected chi connectivity index (χ0v) is 14.5. The molecule has 9 nitrogen and oxygen atoms in total. The van der Waals surface area contributed by atoms with Gasteiger partial charge >= 0.3 is 5.97 Å². The largest absolute Gasteiger partial charge is 0.462 e. The molecule has 26 heavy (non-hydrogen) atoms. The Morgan fingerprint density at radius 3 is 2.65 bits per heavy atom. The van der Waals surface area contributed by atoms with E-state index in [0.29, 0.717) is 36.1 Å². The van der Waals surface area contributed by atoms with Crippen molar-refractivity contribution in [3.05, 3.63) is 35.7 Å². The van der Waals surface area contributed by atoms with Crippen molar-refractivity contribution in [2.45, 2.75) is 32.7 Å². The van der Waals surface area contributed by atoms with Crippen LogP contribution in [-0.4, -0.2) is 39.2 Å². The predicted molar refractivity (Wildman–Crippen MR) is 92.7 cm³/mol. The van der Waals surface area contributed by atoms with E-state index in [1.165, 1.54) is 4.68 Å². The third kappa shape index (κ3) is 3.56. The van der Waals surface area contributed by atoms with Gasteiger partial charge in [-0.15, -0.1) is 0 Å². The fourth-order valence-electron chi connectivity index (χ4n) is 2.60. The number of carbonyl (C=O) groups is 3. The number of rotatable bonds is 6. The third-order valence-corrected chi connectivity index (χ3v) is 3.88. The molecular formula is C17H19N5O4. The summed E-state index contributed by atoms with van der Waals surface area (Å²) < 4.78 is 6.36. The van der Waals surface area contributed by atoms with Crippen molar-refractivity contribution in [3.8, 4) is 0 Å². The molecule has 1 aromatic carbocycles. The average Bonchev–Trinajstić information content (AvgIpc) is 3.14. The van der Waals surface area contributed by atoms with E-state index in [2.05, 4.69) is 20.7 Å². The zero-order valence-electron chi connectivity index (χ0n) is 14.5. The molecule has 0 saturated carbocycles. The number of aromatic nitrogens is 3. The monoisotopic (exact) mass is 357 g/mol. The second kappa shape index (κ2) is 7.34. The molecule has 0 saturated heterocycles. The quantitative estimate of drug-likeness (QED) is 0.758. The van der Waals surface area contributed by atoms with Crippen LogP contribution in [0.2, 0.25) is 0 Å². The molecule has 0 bridgehead atoms. The zero-order chi connectivity index (χ0) is 18.7. The molecule has 2 N–H and O–H groups in total. The summed E-state index contributed by atoms with van der Waals surface area (Å²) in [4.78, 5) is 40.1. The molecule has 2 amide bonds. The van der Waals surface area contributed by atoms with Gasteiger partial charge in [0.05, 0.1) is 18.6 Å². The van der Waals surface area contributed by atoms with Crippen molar-refractivity contribution >= 4 is 29.4 Å². The maximum atomic E-state index is 12.3. The standard InChI is InChI=1S/C17H19N5O4/c1-3-13-19-17-20-15(24)12(22(17)21-13)9-14(23)18-11-7-5-10(6-8-11)16(25)26-4-2/h5-8,12H,3-4,9H2,1-2H3,(H,18,23)(H,19,20,21,24). The highest BCUT2D eigenvalue weighted by molar-refractivity contribution is 6.01. The Morgan fingerprint density at radius 2 is 2.00 bits per heavy atom. The number of amides is 2. The Balaban J connectivity index is 1.63. The highest BCUT2D eigenvalue weighted by atomic mass is 16.5. The highest BCUT2D eigenvalue weighted by Gasteiger charge is 2.34. The van der Waals surface area contributed by atoms with Gasteiger partial charge in [0.25, 0.3) is 5.91 Å². The van der Waals surface area contributed by atoms with Crippen molar-refractivity contribution in [2.24, 2.45) is 0 Å². The number of carbonyl (C=O) groups excluding carboxylic acids is 3. The number of nitrogens with one attached hydrogen (secondary N) is 2. The van der Waals surface area contributed by atoms with Crippen LogP contribution in [-0.2, 0) is 20.7 Å². The maximum Gasteiger partial charge on any atom is 0.338 e. The Labute approximate surface area is 149 Å². The molecular weight excluding hydrogens is 338 g/mol. The third-order valence-electron chi connectivity index (χ3n) is 3.88. The first kappa shape index (κ1) is 17.6. The molecule has 1 unspecified atom stereocenters. The van der Waals surface area contributed by atoms with E-state index in [1.807, 2.05) is 6.92 Å². The summed E-state index contributed by atoms with van der Waals surface area (Å²) in [6.07, 6.45) is 0.576. The van der Waals surface area contributed by atoms with Crippen LogP contribution in [0.5, 0.6) is 0 Å². The predicted octanol–water partition coefficient (Wildman–Crippen LogP) is 1.54. The fourth-order valence-corrected chi connectivity index (χ4v) is 2.60. The number of esters is 1. The lowest BCUT2D eigenvalue weighted by Crippen LogP contribution is -2.24. The van der Waals surface area contributed by atoms with Crippen molar-refractivity contribution in [1.29, 1.82) is 0 Å².